The Morgan fingerprint density at radius 3 is 2.54 bits per heavy atom. The molecule has 0 spiro atoms. The number of rotatable bonds is 5. The van der Waals surface area contributed by atoms with Crippen LogP contribution in [0.25, 0.3) is 0 Å². The van der Waals surface area contributed by atoms with Gasteiger partial charge in [0.05, 0.1) is 17.3 Å². The van der Waals surface area contributed by atoms with E-state index in [1.807, 2.05) is 34.1 Å². The fraction of sp³-hybridized carbons (Fsp3) is 0.560. The summed E-state index contributed by atoms with van der Waals surface area (Å²) in [5.74, 6) is -0.418. The van der Waals surface area contributed by atoms with Gasteiger partial charge >= 0.3 is 0 Å². The molecule has 0 bridgehead atoms. The Balaban J connectivity index is 1.34. The third-order valence-electron chi connectivity index (χ3n) is 7.54. The fourth-order valence-electron chi connectivity index (χ4n) is 5.68. The quantitative estimate of drug-likeness (QED) is 0.628. The number of aryl methyl sites for hydroxylation is 1. The smallest absolute Gasteiger partial charge is 0.246 e. The highest BCUT2D eigenvalue weighted by molar-refractivity contribution is 7.89. The molecule has 10 heteroatoms. The highest BCUT2D eigenvalue weighted by atomic mass is 32.2. The summed E-state index contributed by atoms with van der Waals surface area (Å²) in [6, 6.07) is 7.91. The van der Waals surface area contributed by atoms with E-state index in [9.17, 15) is 18.0 Å². The second kappa shape index (κ2) is 9.39. The van der Waals surface area contributed by atoms with Crippen molar-refractivity contribution in [2.75, 3.05) is 37.6 Å². The third kappa shape index (κ3) is 4.38. The van der Waals surface area contributed by atoms with Crippen LogP contribution in [0.1, 0.15) is 42.6 Å². The largest absolute Gasteiger partial charge is 0.341 e. The summed E-state index contributed by atoms with van der Waals surface area (Å²) in [6.45, 7) is 6.08. The van der Waals surface area contributed by atoms with Gasteiger partial charge in [0.25, 0.3) is 0 Å². The van der Waals surface area contributed by atoms with Crippen molar-refractivity contribution in [3.8, 4) is 0 Å². The number of carbonyl (C=O) groups excluding carboxylic acids is 2. The Kier molecular flexibility index (Phi) is 6.43. The van der Waals surface area contributed by atoms with E-state index in [-0.39, 0.29) is 35.7 Å². The number of anilines is 1. The lowest BCUT2D eigenvalue weighted by Gasteiger charge is -2.33. The summed E-state index contributed by atoms with van der Waals surface area (Å²) < 4.78 is 30.4. The van der Waals surface area contributed by atoms with Gasteiger partial charge < -0.3 is 9.80 Å². The second-order valence-electron chi connectivity index (χ2n) is 9.82. The minimum absolute atomic E-state index is 0.00445. The molecule has 2 aromatic rings. The van der Waals surface area contributed by atoms with Gasteiger partial charge in [-0.15, -0.1) is 0 Å². The number of sulfonamides is 1. The molecule has 4 heterocycles. The lowest BCUT2D eigenvalue weighted by Crippen LogP contribution is -2.46. The zero-order valence-corrected chi connectivity index (χ0v) is 21.3. The molecule has 9 nitrogen and oxygen atoms in total. The molecule has 1 atom stereocenters. The van der Waals surface area contributed by atoms with Crippen LogP contribution in [0.3, 0.4) is 0 Å². The number of likely N-dealkylation sites (tertiary alicyclic amines) is 1. The van der Waals surface area contributed by atoms with E-state index in [2.05, 4.69) is 5.10 Å². The normalized spacial score (nSPS) is 20.9. The molecule has 3 aliphatic rings. The summed E-state index contributed by atoms with van der Waals surface area (Å²) in [5.41, 5.74) is 2.95. The van der Waals surface area contributed by atoms with E-state index in [0.29, 0.717) is 37.3 Å². The number of para-hydroxylation sites is 1. The van der Waals surface area contributed by atoms with Gasteiger partial charge in [0, 0.05) is 38.4 Å². The Labute approximate surface area is 206 Å². The van der Waals surface area contributed by atoms with Crippen LogP contribution in [0.4, 0.5) is 5.69 Å². The standard InChI is InChI=1S/C25H33N5O4S/c1-18-24(19(2)30(26-18)17-23(31)27-12-5-6-13-27)35(33,34)28-14-7-9-21(16-28)25(32)29-15-11-20-8-3-4-10-22(20)29/h3-4,8,10,21H,5-7,9,11-17H2,1-2H3/t21-/m1/s1. The first-order chi connectivity index (χ1) is 16.8. The number of hydrogen-bond acceptors (Lipinski definition) is 5. The molecule has 1 aromatic carbocycles. The maximum Gasteiger partial charge on any atom is 0.246 e. The number of aromatic nitrogens is 2. The van der Waals surface area contributed by atoms with Gasteiger partial charge in [0.2, 0.25) is 21.8 Å². The zero-order chi connectivity index (χ0) is 24.7. The van der Waals surface area contributed by atoms with Crippen LogP contribution < -0.4 is 4.90 Å². The first-order valence-electron chi connectivity index (χ1n) is 12.5. The van der Waals surface area contributed by atoms with Crippen LogP contribution in [0.15, 0.2) is 29.2 Å². The Morgan fingerprint density at radius 2 is 1.77 bits per heavy atom. The molecule has 2 amide bonds. The van der Waals surface area contributed by atoms with E-state index in [1.165, 1.54) is 8.99 Å². The molecule has 2 fully saturated rings. The summed E-state index contributed by atoms with van der Waals surface area (Å²) in [5, 5.41) is 4.41. The van der Waals surface area contributed by atoms with Crippen molar-refractivity contribution >= 4 is 27.5 Å². The first-order valence-corrected chi connectivity index (χ1v) is 13.9. The summed E-state index contributed by atoms with van der Waals surface area (Å²) in [6.07, 6.45) is 4.13. The SMILES string of the molecule is Cc1nn(CC(=O)N2CCCC2)c(C)c1S(=O)(=O)N1CCC[C@@H](C(=O)N2CCc3ccccc32)C1. The maximum absolute atomic E-state index is 13.7. The monoisotopic (exact) mass is 499 g/mol. The van der Waals surface area contributed by atoms with Gasteiger partial charge in [-0.3, -0.25) is 14.3 Å². The Morgan fingerprint density at radius 1 is 1.03 bits per heavy atom. The van der Waals surface area contributed by atoms with Gasteiger partial charge in [0.15, 0.2) is 0 Å². The molecule has 0 N–H and O–H groups in total. The number of nitrogens with zero attached hydrogens (tertiary/aromatic N) is 5. The fourth-order valence-corrected chi connectivity index (χ4v) is 7.58. The summed E-state index contributed by atoms with van der Waals surface area (Å²) in [7, 11) is -3.85. The molecule has 0 saturated carbocycles. The first kappa shape index (κ1) is 24.0. The molecule has 2 saturated heterocycles. The third-order valence-corrected chi connectivity index (χ3v) is 9.66. The highest BCUT2D eigenvalue weighted by Crippen LogP contribution is 2.33. The van der Waals surface area contributed by atoms with Gasteiger partial charge in [-0.1, -0.05) is 18.2 Å². The van der Waals surface area contributed by atoms with E-state index in [1.54, 1.807) is 13.8 Å². The molecular weight excluding hydrogens is 466 g/mol. The van der Waals surface area contributed by atoms with Crippen molar-refractivity contribution < 1.29 is 18.0 Å². The average Bonchev–Trinajstić information content (AvgIpc) is 3.58. The van der Waals surface area contributed by atoms with Crippen LogP contribution in [0.5, 0.6) is 0 Å². The number of carbonyl (C=O) groups is 2. The van der Waals surface area contributed by atoms with E-state index in [0.717, 1.165) is 43.6 Å². The van der Waals surface area contributed by atoms with Crippen molar-refractivity contribution in [1.82, 2.24) is 19.0 Å². The van der Waals surface area contributed by atoms with Crippen molar-refractivity contribution in [2.24, 2.45) is 5.92 Å². The molecule has 1 aromatic heterocycles. The second-order valence-corrected chi connectivity index (χ2v) is 11.7. The molecule has 0 aliphatic carbocycles. The predicted molar refractivity (Wildman–Crippen MR) is 131 cm³/mol. The number of fused-ring (bicyclic) bond motifs is 1. The number of hydrogen-bond donors (Lipinski definition) is 0. The van der Waals surface area contributed by atoms with E-state index >= 15 is 0 Å². The van der Waals surface area contributed by atoms with Crippen LogP contribution >= 0.6 is 0 Å². The van der Waals surface area contributed by atoms with Crippen molar-refractivity contribution in [1.29, 1.82) is 0 Å². The van der Waals surface area contributed by atoms with E-state index in [4.69, 9.17) is 0 Å². The summed E-state index contributed by atoms with van der Waals surface area (Å²) >= 11 is 0. The predicted octanol–water partition coefficient (Wildman–Crippen LogP) is 2.11. The van der Waals surface area contributed by atoms with Crippen molar-refractivity contribution in [2.45, 2.75) is 57.4 Å². The minimum Gasteiger partial charge on any atom is -0.341 e. The zero-order valence-electron chi connectivity index (χ0n) is 20.4. The van der Waals surface area contributed by atoms with Gasteiger partial charge in [-0.25, -0.2) is 8.42 Å². The Hall–Kier alpha value is -2.72. The van der Waals surface area contributed by atoms with Crippen LogP contribution in [0, 0.1) is 19.8 Å². The molecule has 3 aliphatic heterocycles. The van der Waals surface area contributed by atoms with Gasteiger partial charge in [0.1, 0.15) is 11.4 Å². The van der Waals surface area contributed by atoms with Gasteiger partial charge in [-0.2, -0.15) is 9.40 Å². The molecular formula is C25H33N5O4S. The lowest BCUT2D eigenvalue weighted by molar-refractivity contribution is -0.131. The van der Waals surface area contributed by atoms with E-state index < -0.39 is 10.0 Å². The molecule has 188 valence electrons. The lowest BCUT2D eigenvalue weighted by atomic mass is 9.98. The molecule has 5 rings (SSSR count). The average molecular weight is 500 g/mol. The highest BCUT2D eigenvalue weighted by Gasteiger charge is 2.39. The van der Waals surface area contributed by atoms with Gasteiger partial charge in [-0.05, 0) is 57.6 Å². The Bertz CT molecular complexity index is 1250. The van der Waals surface area contributed by atoms with Crippen molar-refractivity contribution in [3.63, 3.8) is 0 Å². The van der Waals surface area contributed by atoms with Crippen LogP contribution in [-0.2, 0) is 32.6 Å². The molecule has 35 heavy (non-hydrogen) atoms. The minimum atomic E-state index is -3.85. The van der Waals surface area contributed by atoms with Crippen molar-refractivity contribution in [3.05, 3.63) is 41.2 Å². The number of benzene rings is 1. The molecule has 0 unspecified atom stereocenters. The molecule has 0 radical (unpaired) electrons. The summed E-state index contributed by atoms with van der Waals surface area (Å²) in [4.78, 5) is 29.8. The topological polar surface area (TPSA) is 95.8 Å². The maximum atomic E-state index is 13.7. The van der Waals surface area contributed by atoms with Crippen LogP contribution in [0.2, 0.25) is 0 Å². The number of piperidine rings is 1. The van der Waals surface area contributed by atoms with Crippen LogP contribution in [-0.4, -0.2) is 71.9 Å². The number of amides is 2.